The van der Waals surface area contributed by atoms with Crippen LogP contribution in [0.4, 0.5) is 0 Å². The van der Waals surface area contributed by atoms with Crippen molar-refractivity contribution in [2.45, 2.75) is 26.4 Å². The molecule has 0 spiro atoms. The molecule has 4 nitrogen and oxygen atoms in total. The number of halogens is 2. The fourth-order valence-corrected chi connectivity index (χ4v) is 3.71. The summed E-state index contributed by atoms with van der Waals surface area (Å²) in [6, 6.07) is 8.20. The summed E-state index contributed by atoms with van der Waals surface area (Å²) in [7, 11) is 0. The Bertz CT molecular complexity index is 630. The lowest BCUT2D eigenvalue weighted by Gasteiger charge is -2.25. The van der Waals surface area contributed by atoms with E-state index in [9.17, 15) is 4.79 Å². The Labute approximate surface area is 159 Å². The van der Waals surface area contributed by atoms with Crippen molar-refractivity contribution < 1.29 is 4.79 Å². The number of hydrogen-bond acceptors (Lipinski definition) is 4. The van der Waals surface area contributed by atoms with Crippen molar-refractivity contribution in [1.82, 2.24) is 15.2 Å². The van der Waals surface area contributed by atoms with Crippen LogP contribution in [0.2, 0.25) is 0 Å². The van der Waals surface area contributed by atoms with Crippen LogP contribution >= 0.6 is 36.2 Å². The summed E-state index contributed by atoms with van der Waals surface area (Å²) >= 11 is 1.76. The van der Waals surface area contributed by atoms with Gasteiger partial charge in [-0.3, -0.25) is 9.78 Å². The Balaban J connectivity index is 0.00000144. The van der Waals surface area contributed by atoms with Crippen LogP contribution in [-0.4, -0.2) is 28.9 Å². The number of amides is 1. The number of rotatable bonds is 5. The highest BCUT2D eigenvalue weighted by Gasteiger charge is 2.27. The summed E-state index contributed by atoms with van der Waals surface area (Å²) in [4.78, 5) is 21.4. The summed E-state index contributed by atoms with van der Waals surface area (Å²) in [5.74, 6) is 0.371. The van der Waals surface area contributed by atoms with Crippen LogP contribution in [-0.2, 0) is 17.9 Å². The van der Waals surface area contributed by atoms with Gasteiger partial charge in [0.25, 0.3) is 0 Å². The zero-order valence-corrected chi connectivity index (χ0v) is 16.1. The van der Waals surface area contributed by atoms with E-state index in [4.69, 9.17) is 0 Å². The van der Waals surface area contributed by atoms with Crippen molar-refractivity contribution in [3.8, 4) is 0 Å². The number of carbonyl (C=O) groups is 1. The van der Waals surface area contributed by atoms with Crippen LogP contribution in [0.25, 0.3) is 0 Å². The third-order valence-electron chi connectivity index (χ3n) is 3.99. The molecule has 1 aliphatic rings. The molecule has 1 atom stereocenters. The Morgan fingerprint density at radius 2 is 2.00 bits per heavy atom. The van der Waals surface area contributed by atoms with Gasteiger partial charge in [-0.15, -0.1) is 36.2 Å². The fourth-order valence-electron chi connectivity index (χ4n) is 2.80. The van der Waals surface area contributed by atoms with Crippen molar-refractivity contribution in [2.75, 3.05) is 13.1 Å². The maximum atomic E-state index is 12.8. The van der Waals surface area contributed by atoms with Gasteiger partial charge in [0.05, 0.1) is 12.5 Å². The first kappa shape index (κ1) is 20.9. The molecule has 1 aliphatic heterocycles. The Kier molecular flexibility index (Phi) is 8.70. The smallest absolute Gasteiger partial charge is 0.227 e. The lowest BCUT2D eigenvalue weighted by molar-refractivity contribution is -0.136. The molecule has 1 fully saturated rings. The zero-order valence-electron chi connectivity index (χ0n) is 13.6. The van der Waals surface area contributed by atoms with Gasteiger partial charge in [0.2, 0.25) is 5.91 Å². The monoisotopic (exact) mass is 387 g/mol. The molecule has 0 radical (unpaired) electrons. The zero-order chi connectivity index (χ0) is 15.4. The predicted octanol–water partition coefficient (Wildman–Crippen LogP) is 3.43. The van der Waals surface area contributed by atoms with Crippen LogP contribution in [0.1, 0.15) is 21.7 Å². The van der Waals surface area contributed by atoms with E-state index in [1.54, 1.807) is 23.7 Å². The molecule has 2 aromatic rings. The molecule has 3 heterocycles. The SMILES string of the molecule is Cc1ccc(CN(Cc2ccncc2)C(=O)C2CCNC2)s1.Cl.Cl. The highest BCUT2D eigenvalue weighted by atomic mass is 35.5. The average molecular weight is 388 g/mol. The molecule has 1 N–H and O–H groups in total. The summed E-state index contributed by atoms with van der Waals surface area (Å²) in [5, 5.41) is 3.29. The maximum Gasteiger partial charge on any atom is 0.227 e. The Morgan fingerprint density at radius 3 is 2.58 bits per heavy atom. The van der Waals surface area contributed by atoms with Crippen LogP contribution in [0.3, 0.4) is 0 Å². The second-order valence-corrected chi connectivity index (χ2v) is 7.12. The first-order valence-corrected chi connectivity index (χ1v) is 8.48. The number of nitrogens with zero attached hydrogens (tertiary/aromatic N) is 2. The highest BCUT2D eigenvalue weighted by Crippen LogP contribution is 2.21. The Hall–Kier alpha value is -1.14. The van der Waals surface area contributed by atoms with E-state index in [0.717, 1.165) is 25.1 Å². The molecule has 3 rings (SSSR count). The molecule has 1 saturated heterocycles. The minimum absolute atomic E-state index is 0. The lowest BCUT2D eigenvalue weighted by atomic mass is 10.1. The molecule has 0 aliphatic carbocycles. The van der Waals surface area contributed by atoms with Crippen LogP contribution < -0.4 is 5.32 Å². The van der Waals surface area contributed by atoms with E-state index < -0.39 is 0 Å². The van der Waals surface area contributed by atoms with Gasteiger partial charge in [-0.1, -0.05) is 0 Å². The standard InChI is InChI=1S/C17H21N3OS.2ClH/c1-13-2-3-16(22-13)12-20(11-14-4-7-18-8-5-14)17(21)15-6-9-19-10-15;;/h2-5,7-8,15,19H,6,9-12H2,1H3;2*1H. The quantitative estimate of drug-likeness (QED) is 0.854. The topological polar surface area (TPSA) is 45.2 Å². The van der Waals surface area contributed by atoms with Crippen molar-refractivity contribution >= 4 is 42.1 Å². The number of nitrogens with one attached hydrogen (secondary N) is 1. The molecule has 7 heteroatoms. The van der Waals surface area contributed by atoms with Gasteiger partial charge in [-0.25, -0.2) is 0 Å². The van der Waals surface area contributed by atoms with Gasteiger partial charge < -0.3 is 10.2 Å². The van der Waals surface area contributed by atoms with E-state index in [-0.39, 0.29) is 36.6 Å². The molecule has 0 aromatic carbocycles. The molecular formula is C17H23Cl2N3OS. The lowest BCUT2D eigenvalue weighted by Crippen LogP contribution is -2.36. The highest BCUT2D eigenvalue weighted by molar-refractivity contribution is 7.11. The summed E-state index contributed by atoms with van der Waals surface area (Å²) in [6.07, 6.45) is 4.50. The predicted molar refractivity (Wildman–Crippen MR) is 103 cm³/mol. The van der Waals surface area contributed by atoms with Crippen molar-refractivity contribution in [3.05, 3.63) is 52.0 Å². The van der Waals surface area contributed by atoms with E-state index in [1.165, 1.54) is 9.75 Å². The van der Waals surface area contributed by atoms with E-state index in [0.29, 0.717) is 13.1 Å². The minimum atomic E-state index is 0. The van der Waals surface area contributed by atoms with Crippen LogP contribution in [0.5, 0.6) is 0 Å². The normalized spacial score (nSPS) is 16.1. The Morgan fingerprint density at radius 1 is 1.25 bits per heavy atom. The average Bonchev–Trinajstić information content (AvgIpc) is 3.19. The number of hydrogen-bond donors (Lipinski definition) is 1. The van der Waals surface area contributed by atoms with Crippen LogP contribution in [0.15, 0.2) is 36.7 Å². The maximum absolute atomic E-state index is 12.8. The fraction of sp³-hybridized carbons (Fsp3) is 0.412. The van der Waals surface area contributed by atoms with E-state index in [1.807, 2.05) is 17.0 Å². The third-order valence-corrected chi connectivity index (χ3v) is 4.97. The van der Waals surface area contributed by atoms with Crippen molar-refractivity contribution in [3.63, 3.8) is 0 Å². The van der Waals surface area contributed by atoms with Crippen molar-refractivity contribution in [2.24, 2.45) is 5.92 Å². The third kappa shape index (κ3) is 5.45. The van der Waals surface area contributed by atoms with Gasteiger partial charge >= 0.3 is 0 Å². The molecule has 0 saturated carbocycles. The number of pyridine rings is 1. The van der Waals surface area contributed by atoms with E-state index in [2.05, 4.69) is 29.4 Å². The molecule has 1 unspecified atom stereocenters. The first-order valence-electron chi connectivity index (χ1n) is 7.66. The van der Waals surface area contributed by atoms with Gasteiger partial charge in [-0.05, 0) is 49.7 Å². The number of thiophene rings is 1. The first-order chi connectivity index (χ1) is 10.7. The van der Waals surface area contributed by atoms with Gasteiger partial charge in [-0.2, -0.15) is 0 Å². The van der Waals surface area contributed by atoms with E-state index >= 15 is 0 Å². The largest absolute Gasteiger partial charge is 0.333 e. The number of aryl methyl sites for hydroxylation is 1. The minimum Gasteiger partial charge on any atom is -0.333 e. The molecule has 0 bridgehead atoms. The molecular weight excluding hydrogens is 365 g/mol. The van der Waals surface area contributed by atoms with Crippen molar-refractivity contribution in [1.29, 1.82) is 0 Å². The molecule has 132 valence electrons. The summed E-state index contributed by atoms with van der Waals surface area (Å²) < 4.78 is 0. The van der Waals surface area contributed by atoms with Crippen LogP contribution in [0, 0.1) is 12.8 Å². The van der Waals surface area contributed by atoms with Gasteiger partial charge in [0, 0.05) is 35.2 Å². The summed E-state index contributed by atoms with van der Waals surface area (Å²) in [5.41, 5.74) is 1.13. The second kappa shape index (κ2) is 9.99. The number of carbonyl (C=O) groups excluding carboxylic acids is 1. The van der Waals surface area contributed by atoms with Gasteiger partial charge in [0.15, 0.2) is 0 Å². The summed E-state index contributed by atoms with van der Waals surface area (Å²) in [6.45, 7) is 5.18. The second-order valence-electron chi connectivity index (χ2n) is 5.75. The van der Waals surface area contributed by atoms with Gasteiger partial charge in [0.1, 0.15) is 0 Å². The number of aromatic nitrogens is 1. The molecule has 2 aromatic heterocycles. The molecule has 24 heavy (non-hydrogen) atoms. The molecule has 1 amide bonds.